The highest BCUT2D eigenvalue weighted by atomic mass is 32.2. The Bertz CT molecular complexity index is 621. The fourth-order valence-corrected chi connectivity index (χ4v) is 4.14. The predicted molar refractivity (Wildman–Crippen MR) is 108 cm³/mol. The van der Waals surface area contributed by atoms with Crippen molar-refractivity contribution in [2.45, 2.75) is 24.1 Å². The highest BCUT2D eigenvalue weighted by molar-refractivity contribution is 7.99. The molecule has 138 valence electrons. The number of thioether (sulfide) groups is 1. The van der Waals surface area contributed by atoms with E-state index in [1.54, 1.807) is 0 Å². The van der Waals surface area contributed by atoms with Crippen molar-refractivity contribution >= 4 is 17.8 Å². The normalized spacial score (nSPS) is 15.0. The van der Waals surface area contributed by atoms with E-state index in [0.29, 0.717) is 11.8 Å². The van der Waals surface area contributed by atoms with E-state index in [9.17, 15) is 4.79 Å². The van der Waals surface area contributed by atoms with Crippen molar-refractivity contribution in [2.75, 3.05) is 25.5 Å². The van der Waals surface area contributed by atoms with Crippen LogP contribution in [0.2, 0.25) is 0 Å². The molecule has 2 aromatic rings. The van der Waals surface area contributed by atoms with Crippen LogP contribution in [0, 0.1) is 0 Å². The second-order valence-corrected chi connectivity index (χ2v) is 7.75. The van der Waals surface area contributed by atoms with E-state index in [1.807, 2.05) is 72.4 Å². The number of amides is 2. The summed E-state index contributed by atoms with van der Waals surface area (Å²) in [6.45, 7) is 2.40. The highest BCUT2D eigenvalue weighted by Crippen LogP contribution is 2.22. The molecule has 1 aliphatic rings. The van der Waals surface area contributed by atoms with Gasteiger partial charge < -0.3 is 15.4 Å². The summed E-state index contributed by atoms with van der Waals surface area (Å²) in [6.07, 6.45) is 2.22. The van der Waals surface area contributed by atoms with Crippen LogP contribution >= 0.6 is 11.8 Å². The average Bonchev–Trinajstić information content (AvgIpc) is 2.71. The molecule has 0 aliphatic carbocycles. The van der Waals surface area contributed by atoms with Gasteiger partial charge in [0, 0.05) is 30.8 Å². The van der Waals surface area contributed by atoms with E-state index in [4.69, 9.17) is 4.74 Å². The molecule has 0 saturated carbocycles. The molecule has 0 aromatic heterocycles. The topological polar surface area (TPSA) is 50.4 Å². The molecule has 5 heteroatoms. The first-order chi connectivity index (χ1) is 12.8. The van der Waals surface area contributed by atoms with Gasteiger partial charge in [0.15, 0.2) is 0 Å². The molecule has 2 amide bonds. The minimum Gasteiger partial charge on any atom is -0.381 e. The van der Waals surface area contributed by atoms with Crippen molar-refractivity contribution in [1.82, 2.24) is 10.6 Å². The van der Waals surface area contributed by atoms with Gasteiger partial charge in [0.1, 0.15) is 0 Å². The summed E-state index contributed by atoms with van der Waals surface area (Å²) in [5.74, 6) is 0.930. The SMILES string of the molecule is O=C(NCCSC1CCOCC1)NC(c1ccccc1)c1ccccc1. The monoisotopic (exact) mass is 370 g/mol. The maximum Gasteiger partial charge on any atom is 0.315 e. The number of nitrogens with one attached hydrogen (secondary N) is 2. The van der Waals surface area contributed by atoms with Crippen LogP contribution in [0.4, 0.5) is 4.79 Å². The summed E-state index contributed by atoms with van der Waals surface area (Å²) in [5, 5.41) is 6.76. The lowest BCUT2D eigenvalue weighted by Gasteiger charge is -2.22. The Balaban J connectivity index is 1.51. The third kappa shape index (κ3) is 5.78. The van der Waals surface area contributed by atoms with Crippen LogP contribution in [-0.4, -0.2) is 36.8 Å². The zero-order chi connectivity index (χ0) is 18.0. The number of carbonyl (C=O) groups is 1. The van der Waals surface area contributed by atoms with Gasteiger partial charge in [0.05, 0.1) is 6.04 Å². The number of rotatable bonds is 7. The Morgan fingerprint density at radius 3 is 2.15 bits per heavy atom. The van der Waals surface area contributed by atoms with E-state index >= 15 is 0 Å². The molecule has 0 unspecified atom stereocenters. The smallest absolute Gasteiger partial charge is 0.315 e. The van der Waals surface area contributed by atoms with Gasteiger partial charge in [0.25, 0.3) is 0 Å². The minimum atomic E-state index is -0.152. The first-order valence-electron chi connectivity index (χ1n) is 9.16. The van der Waals surface area contributed by atoms with Crippen LogP contribution in [0.25, 0.3) is 0 Å². The Labute approximate surface area is 159 Å². The molecule has 0 spiro atoms. The Kier molecular flexibility index (Phi) is 7.40. The van der Waals surface area contributed by atoms with E-state index in [-0.39, 0.29) is 12.1 Å². The molecular formula is C21H26N2O2S. The molecule has 2 N–H and O–H groups in total. The van der Waals surface area contributed by atoms with Crippen molar-refractivity contribution in [2.24, 2.45) is 0 Å². The zero-order valence-corrected chi connectivity index (χ0v) is 15.7. The first-order valence-corrected chi connectivity index (χ1v) is 10.2. The third-order valence-corrected chi connectivity index (χ3v) is 5.83. The molecule has 1 heterocycles. The van der Waals surface area contributed by atoms with Gasteiger partial charge in [-0.05, 0) is 24.0 Å². The number of benzene rings is 2. The van der Waals surface area contributed by atoms with E-state index in [0.717, 1.165) is 42.9 Å². The summed E-state index contributed by atoms with van der Waals surface area (Å²) in [7, 11) is 0. The number of carbonyl (C=O) groups excluding carboxylic acids is 1. The van der Waals surface area contributed by atoms with Gasteiger partial charge in [-0.1, -0.05) is 60.7 Å². The lowest BCUT2D eigenvalue weighted by atomic mass is 9.99. The van der Waals surface area contributed by atoms with Crippen molar-refractivity contribution in [3.8, 4) is 0 Å². The molecule has 1 aliphatic heterocycles. The van der Waals surface area contributed by atoms with Gasteiger partial charge in [-0.25, -0.2) is 4.79 Å². The highest BCUT2D eigenvalue weighted by Gasteiger charge is 2.17. The summed E-state index contributed by atoms with van der Waals surface area (Å²) in [4.78, 5) is 12.4. The molecule has 2 aromatic carbocycles. The first kappa shape index (κ1) is 18.8. The molecule has 26 heavy (non-hydrogen) atoms. The van der Waals surface area contributed by atoms with Crippen LogP contribution in [-0.2, 0) is 4.74 Å². The molecular weight excluding hydrogens is 344 g/mol. The second kappa shape index (κ2) is 10.2. The lowest BCUT2D eigenvalue weighted by molar-refractivity contribution is 0.100. The van der Waals surface area contributed by atoms with Crippen LogP contribution in [0.15, 0.2) is 60.7 Å². The maximum atomic E-state index is 12.4. The van der Waals surface area contributed by atoms with Crippen LogP contribution in [0.5, 0.6) is 0 Å². The molecule has 0 atom stereocenters. The number of hydrogen-bond acceptors (Lipinski definition) is 3. The Morgan fingerprint density at radius 2 is 1.58 bits per heavy atom. The van der Waals surface area contributed by atoms with E-state index in [1.165, 1.54) is 0 Å². The van der Waals surface area contributed by atoms with Gasteiger partial charge in [-0.15, -0.1) is 0 Å². The Hall–Kier alpha value is -1.98. The predicted octanol–water partition coefficient (Wildman–Crippen LogP) is 3.99. The second-order valence-electron chi connectivity index (χ2n) is 6.34. The molecule has 1 saturated heterocycles. The summed E-state index contributed by atoms with van der Waals surface area (Å²) in [6, 6.07) is 19.8. The summed E-state index contributed by atoms with van der Waals surface area (Å²) < 4.78 is 5.38. The molecule has 1 fully saturated rings. The van der Waals surface area contributed by atoms with Crippen molar-refractivity contribution in [3.63, 3.8) is 0 Å². The van der Waals surface area contributed by atoms with E-state index < -0.39 is 0 Å². The van der Waals surface area contributed by atoms with Gasteiger partial charge in [-0.3, -0.25) is 0 Å². The maximum absolute atomic E-state index is 12.4. The Morgan fingerprint density at radius 1 is 1.00 bits per heavy atom. The zero-order valence-electron chi connectivity index (χ0n) is 14.9. The van der Waals surface area contributed by atoms with E-state index in [2.05, 4.69) is 10.6 Å². The number of hydrogen-bond donors (Lipinski definition) is 2. The van der Waals surface area contributed by atoms with Crippen molar-refractivity contribution in [1.29, 1.82) is 0 Å². The van der Waals surface area contributed by atoms with Crippen LogP contribution < -0.4 is 10.6 Å². The standard InChI is InChI=1S/C21H26N2O2S/c24-21(22-13-16-26-19-11-14-25-15-12-19)23-20(17-7-3-1-4-8-17)18-9-5-2-6-10-18/h1-10,19-20H,11-16H2,(H2,22,23,24). The van der Waals surface area contributed by atoms with Gasteiger partial charge in [-0.2, -0.15) is 11.8 Å². The molecule has 0 bridgehead atoms. The number of ether oxygens (including phenoxy) is 1. The molecule has 0 radical (unpaired) electrons. The summed E-state index contributed by atoms with van der Waals surface area (Å²) in [5.41, 5.74) is 2.15. The fourth-order valence-electron chi connectivity index (χ4n) is 3.06. The third-order valence-electron chi connectivity index (χ3n) is 4.45. The molecule has 4 nitrogen and oxygen atoms in total. The van der Waals surface area contributed by atoms with Gasteiger partial charge in [0.2, 0.25) is 0 Å². The fraction of sp³-hybridized carbons (Fsp3) is 0.381. The van der Waals surface area contributed by atoms with Crippen LogP contribution in [0.1, 0.15) is 30.0 Å². The van der Waals surface area contributed by atoms with Gasteiger partial charge >= 0.3 is 6.03 Å². The average molecular weight is 371 g/mol. The molecule has 3 rings (SSSR count). The van der Waals surface area contributed by atoms with Crippen LogP contribution in [0.3, 0.4) is 0 Å². The quantitative estimate of drug-likeness (QED) is 0.725. The van der Waals surface area contributed by atoms with Crippen molar-refractivity contribution < 1.29 is 9.53 Å². The number of urea groups is 1. The van der Waals surface area contributed by atoms with Crippen molar-refractivity contribution in [3.05, 3.63) is 71.8 Å². The summed E-state index contributed by atoms with van der Waals surface area (Å²) >= 11 is 1.93. The minimum absolute atomic E-state index is 0.129. The lowest BCUT2D eigenvalue weighted by Crippen LogP contribution is -2.39. The largest absolute Gasteiger partial charge is 0.381 e.